The molecule has 0 aromatic heterocycles. The topological polar surface area (TPSA) is 75.5 Å². The number of nitrogens with zero attached hydrogens (tertiary/aromatic N) is 2. The Morgan fingerprint density at radius 3 is 2.50 bits per heavy atom. The van der Waals surface area contributed by atoms with Crippen LogP contribution in [-0.2, 0) is 0 Å². The molecule has 2 rings (SSSR count). The van der Waals surface area contributed by atoms with Gasteiger partial charge in [-0.1, -0.05) is 13.8 Å². The van der Waals surface area contributed by atoms with Gasteiger partial charge in [-0.25, -0.2) is 0 Å². The maximum absolute atomic E-state index is 11.9. The molecule has 0 radical (unpaired) electrons. The number of hydrogen-bond acceptors (Lipinski definition) is 4. The van der Waals surface area contributed by atoms with Crippen molar-refractivity contribution < 1.29 is 9.72 Å². The summed E-state index contributed by atoms with van der Waals surface area (Å²) in [6.45, 7) is 4.21. The first kappa shape index (κ1) is 14.3. The van der Waals surface area contributed by atoms with Crippen molar-refractivity contribution in [3.05, 3.63) is 33.9 Å². The Morgan fingerprint density at radius 1 is 1.45 bits per heavy atom. The van der Waals surface area contributed by atoms with Gasteiger partial charge < -0.3 is 10.2 Å². The molecule has 0 spiro atoms. The second kappa shape index (κ2) is 4.77. The monoisotopic (exact) mass is 277 g/mol. The van der Waals surface area contributed by atoms with Crippen molar-refractivity contribution in [1.29, 1.82) is 0 Å². The first-order valence-corrected chi connectivity index (χ1v) is 6.49. The van der Waals surface area contributed by atoms with E-state index in [0.29, 0.717) is 11.3 Å². The van der Waals surface area contributed by atoms with Gasteiger partial charge in [0.15, 0.2) is 0 Å². The van der Waals surface area contributed by atoms with Crippen molar-refractivity contribution in [3.63, 3.8) is 0 Å². The molecular formula is C14H19N3O3. The lowest BCUT2D eigenvalue weighted by atomic mass is 10.1. The zero-order valence-electron chi connectivity index (χ0n) is 12.1. The SMILES string of the molecule is CN(C)C(=O)c1ccc([N+](=O)[O-])c(NC2CC2(C)C)c1. The minimum absolute atomic E-state index is 0.00278. The lowest BCUT2D eigenvalue weighted by Crippen LogP contribution is -2.22. The van der Waals surface area contributed by atoms with Gasteiger partial charge in [0.2, 0.25) is 0 Å². The third-order valence-electron chi connectivity index (χ3n) is 3.69. The Bertz CT molecular complexity index is 567. The minimum atomic E-state index is -0.429. The largest absolute Gasteiger partial charge is 0.376 e. The average molecular weight is 277 g/mol. The lowest BCUT2D eigenvalue weighted by Gasteiger charge is -2.13. The van der Waals surface area contributed by atoms with Gasteiger partial charge in [0.25, 0.3) is 11.6 Å². The fourth-order valence-electron chi connectivity index (χ4n) is 2.10. The molecule has 0 bridgehead atoms. The molecule has 1 aliphatic rings. The summed E-state index contributed by atoms with van der Waals surface area (Å²) in [7, 11) is 3.31. The average Bonchev–Trinajstić information content (AvgIpc) is 2.94. The Balaban J connectivity index is 2.32. The Morgan fingerprint density at radius 2 is 2.05 bits per heavy atom. The smallest absolute Gasteiger partial charge is 0.292 e. The summed E-state index contributed by atoms with van der Waals surface area (Å²) in [5, 5.41) is 14.2. The summed E-state index contributed by atoms with van der Waals surface area (Å²) >= 11 is 0. The van der Waals surface area contributed by atoms with Crippen LogP contribution in [0.1, 0.15) is 30.6 Å². The highest BCUT2D eigenvalue weighted by Crippen LogP contribution is 2.47. The molecule has 20 heavy (non-hydrogen) atoms. The third-order valence-corrected chi connectivity index (χ3v) is 3.69. The standard InChI is InChI=1S/C14H19N3O3/c1-14(2)8-12(14)15-10-7-9(13(18)16(3)4)5-6-11(10)17(19)20/h5-7,12,15H,8H2,1-4H3. The molecule has 1 aromatic rings. The number of benzene rings is 1. The predicted octanol–water partition coefficient (Wildman–Crippen LogP) is 2.51. The van der Waals surface area contributed by atoms with Crippen LogP contribution >= 0.6 is 0 Å². The first-order valence-electron chi connectivity index (χ1n) is 6.49. The van der Waals surface area contributed by atoms with E-state index in [2.05, 4.69) is 19.2 Å². The van der Waals surface area contributed by atoms with Crippen LogP contribution in [-0.4, -0.2) is 35.9 Å². The highest BCUT2D eigenvalue weighted by molar-refractivity contribution is 5.95. The normalized spacial score (nSPS) is 19.3. The van der Waals surface area contributed by atoms with Gasteiger partial charge in [0.05, 0.1) is 4.92 Å². The summed E-state index contributed by atoms with van der Waals surface area (Å²) in [4.78, 5) is 24.0. The summed E-state index contributed by atoms with van der Waals surface area (Å²) in [5.74, 6) is -0.169. The number of carbonyl (C=O) groups excluding carboxylic acids is 1. The number of hydrogen-bond donors (Lipinski definition) is 1. The van der Waals surface area contributed by atoms with E-state index in [4.69, 9.17) is 0 Å². The van der Waals surface area contributed by atoms with Crippen LogP contribution in [0.4, 0.5) is 11.4 Å². The Labute approximate surface area is 117 Å². The number of nitro benzene ring substituents is 1. The van der Waals surface area contributed by atoms with Crippen molar-refractivity contribution in [2.45, 2.75) is 26.3 Å². The quantitative estimate of drug-likeness (QED) is 0.677. The molecule has 6 nitrogen and oxygen atoms in total. The molecule has 1 atom stereocenters. The lowest BCUT2D eigenvalue weighted by molar-refractivity contribution is -0.384. The second-order valence-electron chi connectivity index (χ2n) is 6.08. The third kappa shape index (κ3) is 2.74. The van der Waals surface area contributed by atoms with Crippen molar-refractivity contribution in [2.75, 3.05) is 19.4 Å². The van der Waals surface area contributed by atoms with Gasteiger partial charge in [0, 0.05) is 31.8 Å². The van der Waals surface area contributed by atoms with Crippen molar-refractivity contribution in [1.82, 2.24) is 4.90 Å². The van der Waals surface area contributed by atoms with Crippen LogP contribution in [0.3, 0.4) is 0 Å². The van der Waals surface area contributed by atoms with Gasteiger partial charge in [0.1, 0.15) is 5.69 Å². The van der Waals surface area contributed by atoms with E-state index in [1.54, 1.807) is 20.2 Å². The molecule has 108 valence electrons. The molecule has 1 saturated carbocycles. The number of carbonyl (C=O) groups is 1. The number of nitrogens with one attached hydrogen (secondary N) is 1. The van der Waals surface area contributed by atoms with Gasteiger partial charge in [-0.15, -0.1) is 0 Å². The molecule has 0 heterocycles. The van der Waals surface area contributed by atoms with Crippen molar-refractivity contribution >= 4 is 17.3 Å². The van der Waals surface area contributed by atoms with E-state index in [9.17, 15) is 14.9 Å². The molecular weight excluding hydrogens is 258 g/mol. The fraction of sp³-hybridized carbons (Fsp3) is 0.500. The predicted molar refractivity (Wildman–Crippen MR) is 76.9 cm³/mol. The molecule has 1 amide bonds. The Hall–Kier alpha value is -2.11. The van der Waals surface area contributed by atoms with E-state index in [-0.39, 0.29) is 23.1 Å². The van der Waals surface area contributed by atoms with E-state index in [1.807, 2.05) is 0 Å². The van der Waals surface area contributed by atoms with Crippen LogP contribution in [0.15, 0.2) is 18.2 Å². The molecule has 1 aliphatic carbocycles. The molecule has 1 N–H and O–H groups in total. The summed E-state index contributed by atoms with van der Waals surface area (Å²) in [6.07, 6.45) is 0.968. The van der Waals surface area contributed by atoms with Gasteiger partial charge >= 0.3 is 0 Å². The number of amides is 1. The van der Waals surface area contributed by atoms with E-state index >= 15 is 0 Å². The molecule has 1 fully saturated rings. The first-order chi connectivity index (χ1) is 9.22. The van der Waals surface area contributed by atoms with Crippen molar-refractivity contribution in [3.8, 4) is 0 Å². The van der Waals surface area contributed by atoms with E-state index in [1.165, 1.54) is 17.0 Å². The summed E-state index contributed by atoms with van der Waals surface area (Å²) in [5.41, 5.74) is 1.01. The number of anilines is 1. The number of rotatable bonds is 4. The van der Waals surface area contributed by atoms with Gasteiger partial charge in [-0.3, -0.25) is 14.9 Å². The number of nitro groups is 1. The second-order valence-corrected chi connectivity index (χ2v) is 6.08. The Kier molecular flexibility index (Phi) is 3.41. The molecule has 0 aliphatic heterocycles. The summed E-state index contributed by atoms with van der Waals surface area (Å²) in [6, 6.07) is 4.65. The summed E-state index contributed by atoms with van der Waals surface area (Å²) < 4.78 is 0. The van der Waals surface area contributed by atoms with Crippen molar-refractivity contribution in [2.24, 2.45) is 5.41 Å². The van der Waals surface area contributed by atoms with Crippen LogP contribution in [0, 0.1) is 15.5 Å². The molecule has 0 saturated heterocycles. The fourth-order valence-corrected chi connectivity index (χ4v) is 2.10. The highest BCUT2D eigenvalue weighted by atomic mass is 16.6. The molecule has 6 heteroatoms. The van der Waals surface area contributed by atoms with E-state index in [0.717, 1.165) is 6.42 Å². The molecule has 1 aromatic carbocycles. The van der Waals surface area contributed by atoms with Crippen LogP contribution < -0.4 is 5.32 Å². The van der Waals surface area contributed by atoms with Gasteiger partial charge in [-0.05, 0) is 24.0 Å². The van der Waals surface area contributed by atoms with Crippen LogP contribution in [0.2, 0.25) is 0 Å². The zero-order chi connectivity index (χ0) is 15.1. The van der Waals surface area contributed by atoms with Crippen LogP contribution in [0.25, 0.3) is 0 Å². The molecule has 1 unspecified atom stereocenters. The van der Waals surface area contributed by atoms with Gasteiger partial charge in [-0.2, -0.15) is 0 Å². The zero-order valence-corrected chi connectivity index (χ0v) is 12.1. The highest BCUT2D eigenvalue weighted by Gasteiger charge is 2.46. The van der Waals surface area contributed by atoms with Crippen LogP contribution in [0.5, 0.6) is 0 Å². The maximum Gasteiger partial charge on any atom is 0.292 e. The maximum atomic E-state index is 11.9. The van der Waals surface area contributed by atoms with E-state index < -0.39 is 4.92 Å². The minimum Gasteiger partial charge on any atom is -0.376 e.